The van der Waals surface area contributed by atoms with E-state index < -0.39 is 0 Å². The lowest BCUT2D eigenvalue weighted by atomic mass is 9.87. The molecule has 0 bridgehead atoms. The maximum atomic E-state index is 6.03. The number of anilines is 1. The van der Waals surface area contributed by atoms with E-state index in [2.05, 4.69) is 22.4 Å². The highest BCUT2D eigenvalue weighted by atomic mass is 15.5. The Hall–Kier alpha value is -1.91. The van der Waals surface area contributed by atoms with Gasteiger partial charge in [-0.3, -0.25) is 0 Å². The van der Waals surface area contributed by atoms with Crippen LogP contribution in [0.25, 0.3) is 11.4 Å². The molecule has 2 N–H and O–H groups in total. The number of nitrogen functional groups attached to an aromatic ring is 1. The first-order chi connectivity index (χ1) is 9.25. The predicted molar refractivity (Wildman–Crippen MR) is 74.3 cm³/mol. The average Bonchev–Trinajstić information content (AvgIpc) is 2.88. The number of nitrogens with zero attached hydrogens (tertiary/aromatic N) is 4. The number of rotatable bonds is 2. The van der Waals surface area contributed by atoms with E-state index in [1.165, 1.54) is 12.8 Å². The molecule has 1 aliphatic carbocycles. The highest BCUT2D eigenvalue weighted by Crippen LogP contribution is 2.34. The number of tetrazole rings is 1. The highest BCUT2D eigenvalue weighted by Gasteiger charge is 2.24. The van der Waals surface area contributed by atoms with Crippen LogP contribution in [0.3, 0.4) is 0 Å². The summed E-state index contributed by atoms with van der Waals surface area (Å²) in [6.07, 6.45) is 4.84. The number of para-hydroxylation sites is 1. The number of aromatic nitrogens is 4. The highest BCUT2D eigenvalue weighted by molar-refractivity contribution is 5.71. The molecule has 3 rings (SSSR count). The molecule has 2 atom stereocenters. The second-order valence-corrected chi connectivity index (χ2v) is 5.46. The normalized spacial score (nSPS) is 23.4. The van der Waals surface area contributed by atoms with Crippen LogP contribution in [0, 0.1) is 5.92 Å². The Morgan fingerprint density at radius 1 is 1.26 bits per heavy atom. The van der Waals surface area contributed by atoms with Gasteiger partial charge in [0.05, 0.1) is 6.04 Å². The Bertz CT molecular complexity index is 562. The molecule has 100 valence electrons. The minimum atomic E-state index is 0.397. The lowest BCUT2D eigenvalue weighted by Gasteiger charge is -2.27. The van der Waals surface area contributed by atoms with Crippen molar-refractivity contribution in [3.8, 4) is 11.4 Å². The molecule has 1 fully saturated rings. The number of benzene rings is 1. The number of hydrogen-bond acceptors (Lipinski definition) is 4. The Morgan fingerprint density at radius 3 is 2.89 bits per heavy atom. The van der Waals surface area contributed by atoms with E-state index in [0.717, 1.165) is 35.8 Å². The van der Waals surface area contributed by atoms with Gasteiger partial charge in [0.25, 0.3) is 0 Å². The standard InChI is InChI=1S/C14H19N5/c1-10-5-4-6-11(9-10)19-14(16-17-18-19)12-7-2-3-8-13(12)15/h2-3,7-8,10-11H,4-6,9,15H2,1H3. The van der Waals surface area contributed by atoms with E-state index in [1.54, 1.807) is 0 Å². The maximum absolute atomic E-state index is 6.03. The summed E-state index contributed by atoms with van der Waals surface area (Å²) in [7, 11) is 0. The van der Waals surface area contributed by atoms with Crippen molar-refractivity contribution in [2.45, 2.75) is 38.6 Å². The van der Waals surface area contributed by atoms with Crippen LogP contribution in [0.15, 0.2) is 24.3 Å². The number of hydrogen-bond donors (Lipinski definition) is 1. The third kappa shape index (κ3) is 2.32. The summed E-state index contributed by atoms with van der Waals surface area (Å²) in [4.78, 5) is 0. The summed E-state index contributed by atoms with van der Waals surface area (Å²) >= 11 is 0. The molecule has 5 heteroatoms. The number of nitrogens with two attached hydrogens (primary N) is 1. The summed E-state index contributed by atoms with van der Waals surface area (Å²) in [6.45, 7) is 2.30. The van der Waals surface area contributed by atoms with Gasteiger partial charge in [-0.25, -0.2) is 4.68 Å². The van der Waals surface area contributed by atoms with E-state index in [0.29, 0.717) is 6.04 Å². The molecule has 2 aromatic rings. The summed E-state index contributed by atoms with van der Waals surface area (Å²) in [5.41, 5.74) is 7.68. The van der Waals surface area contributed by atoms with Gasteiger partial charge < -0.3 is 5.73 Å². The molecule has 19 heavy (non-hydrogen) atoms. The van der Waals surface area contributed by atoms with Gasteiger partial charge in [-0.05, 0) is 41.3 Å². The van der Waals surface area contributed by atoms with E-state index in [1.807, 2.05) is 28.9 Å². The quantitative estimate of drug-likeness (QED) is 0.840. The first-order valence-electron chi connectivity index (χ1n) is 6.88. The van der Waals surface area contributed by atoms with Crippen molar-refractivity contribution in [2.24, 2.45) is 5.92 Å². The van der Waals surface area contributed by atoms with Crippen molar-refractivity contribution in [2.75, 3.05) is 5.73 Å². The molecule has 1 saturated carbocycles. The van der Waals surface area contributed by atoms with E-state index in [4.69, 9.17) is 5.73 Å². The molecule has 0 radical (unpaired) electrons. The molecule has 1 aromatic carbocycles. The first kappa shape index (κ1) is 12.1. The summed E-state index contributed by atoms with van der Waals surface area (Å²) in [5, 5.41) is 12.2. The minimum absolute atomic E-state index is 0.397. The fourth-order valence-corrected chi connectivity index (χ4v) is 2.94. The smallest absolute Gasteiger partial charge is 0.184 e. The van der Waals surface area contributed by atoms with Crippen LogP contribution in [-0.4, -0.2) is 20.2 Å². The molecule has 1 aromatic heterocycles. The molecule has 1 heterocycles. The van der Waals surface area contributed by atoms with Crippen LogP contribution in [-0.2, 0) is 0 Å². The van der Waals surface area contributed by atoms with Gasteiger partial charge in [-0.1, -0.05) is 31.9 Å². The molecule has 1 aliphatic rings. The van der Waals surface area contributed by atoms with Crippen molar-refractivity contribution < 1.29 is 0 Å². The van der Waals surface area contributed by atoms with Crippen LogP contribution in [0.1, 0.15) is 38.6 Å². The van der Waals surface area contributed by atoms with E-state index in [-0.39, 0.29) is 0 Å². The second kappa shape index (κ2) is 4.99. The van der Waals surface area contributed by atoms with Crippen molar-refractivity contribution in [1.29, 1.82) is 0 Å². The zero-order chi connectivity index (χ0) is 13.2. The van der Waals surface area contributed by atoms with Crippen LogP contribution in [0.2, 0.25) is 0 Å². The van der Waals surface area contributed by atoms with Gasteiger partial charge in [0, 0.05) is 11.3 Å². The molecular formula is C14H19N5. The van der Waals surface area contributed by atoms with Crippen molar-refractivity contribution in [3.05, 3.63) is 24.3 Å². The first-order valence-corrected chi connectivity index (χ1v) is 6.88. The van der Waals surface area contributed by atoms with Gasteiger partial charge in [0.15, 0.2) is 5.82 Å². The molecular weight excluding hydrogens is 238 g/mol. The molecule has 0 saturated heterocycles. The fourth-order valence-electron chi connectivity index (χ4n) is 2.94. The van der Waals surface area contributed by atoms with Gasteiger partial charge in [-0.2, -0.15) is 0 Å². The largest absolute Gasteiger partial charge is 0.398 e. The maximum Gasteiger partial charge on any atom is 0.184 e. The van der Waals surface area contributed by atoms with Crippen molar-refractivity contribution >= 4 is 5.69 Å². The molecule has 0 amide bonds. The third-order valence-corrected chi connectivity index (χ3v) is 3.95. The van der Waals surface area contributed by atoms with Crippen LogP contribution in [0.4, 0.5) is 5.69 Å². The van der Waals surface area contributed by atoms with Gasteiger partial charge in [0.2, 0.25) is 0 Å². The second-order valence-electron chi connectivity index (χ2n) is 5.46. The topological polar surface area (TPSA) is 69.6 Å². The van der Waals surface area contributed by atoms with Gasteiger partial charge >= 0.3 is 0 Å². The summed E-state index contributed by atoms with van der Waals surface area (Å²) < 4.78 is 1.96. The van der Waals surface area contributed by atoms with Crippen molar-refractivity contribution in [1.82, 2.24) is 20.2 Å². The molecule has 0 aliphatic heterocycles. The Labute approximate surface area is 112 Å². The van der Waals surface area contributed by atoms with Crippen molar-refractivity contribution in [3.63, 3.8) is 0 Å². The minimum Gasteiger partial charge on any atom is -0.398 e. The fraction of sp³-hybridized carbons (Fsp3) is 0.500. The van der Waals surface area contributed by atoms with E-state index >= 15 is 0 Å². The Kier molecular flexibility index (Phi) is 3.19. The summed E-state index contributed by atoms with van der Waals surface area (Å²) in [6, 6.07) is 8.15. The zero-order valence-electron chi connectivity index (χ0n) is 11.2. The Morgan fingerprint density at radius 2 is 2.11 bits per heavy atom. The monoisotopic (exact) mass is 257 g/mol. The average molecular weight is 257 g/mol. The Balaban J connectivity index is 1.96. The van der Waals surface area contributed by atoms with Crippen LogP contribution < -0.4 is 5.73 Å². The molecule has 5 nitrogen and oxygen atoms in total. The van der Waals surface area contributed by atoms with Crippen LogP contribution in [0.5, 0.6) is 0 Å². The van der Waals surface area contributed by atoms with Gasteiger partial charge in [-0.15, -0.1) is 5.10 Å². The predicted octanol–water partition coefficient (Wildman–Crippen LogP) is 2.67. The van der Waals surface area contributed by atoms with Gasteiger partial charge in [0.1, 0.15) is 0 Å². The zero-order valence-corrected chi connectivity index (χ0v) is 11.2. The van der Waals surface area contributed by atoms with Crippen LogP contribution >= 0.6 is 0 Å². The molecule has 2 unspecified atom stereocenters. The van der Waals surface area contributed by atoms with E-state index in [9.17, 15) is 0 Å². The third-order valence-electron chi connectivity index (χ3n) is 3.95. The lowest BCUT2D eigenvalue weighted by Crippen LogP contribution is -2.19. The SMILES string of the molecule is CC1CCCC(n2nnnc2-c2ccccc2N)C1. The molecule has 0 spiro atoms. The summed E-state index contributed by atoms with van der Waals surface area (Å²) in [5.74, 6) is 1.53. The lowest BCUT2D eigenvalue weighted by molar-refractivity contribution is 0.265.